The van der Waals surface area contributed by atoms with Crippen molar-refractivity contribution in [2.24, 2.45) is 0 Å². The van der Waals surface area contributed by atoms with Crippen LogP contribution in [0.15, 0.2) is 12.3 Å². The summed E-state index contributed by atoms with van der Waals surface area (Å²) < 4.78 is 0. The molecule has 0 atom stereocenters. The fraction of sp³-hybridized carbons (Fsp3) is 0.688. The van der Waals surface area contributed by atoms with E-state index in [9.17, 15) is 10.1 Å². The Labute approximate surface area is 137 Å². The fourth-order valence-corrected chi connectivity index (χ4v) is 2.73. The van der Waals surface area contributed by atoms with Crippen LogP contribution in [-0.2, 0) is 0 Å². The quantitative estimate of drug-likeness (QED) is 0.639. The zero-order valence-electron chi connectivity index (χ0n) is 14.5. The van der Waals surface area contributed by atoms with Crippen molar-refractivity contribution in [3.8, 4) is 0 Å². The van der Waals surface area contributed by atoms with Gasteiger partial charge in [0.05, 0.1) is 4.92 Å². The SMILES string of the molecule is Cc1cc(NC(C)(C)CCN2CCN(C)CC2)ncc1[N+](=O)[O-]. The first-order chi connectivity index (χ1) is 10.8. The molecule has 1 fully saturated rings. The number of nitrogens with zero attached hydrogens (tertiary/aromatic N) is 4. The van der Waals surface area contributed by atoms with E-state index in [1.807, 2.05) is 0 Å². The highest BCUT2D eigenvalue weighted by Gasteiger charge is 2.22. The summed E-state index contributed by atoms with van der Waals surface area (Å²) in [6.45, 7) is 11.5. The highest BCUT2D eigenvalue weighted by Crippen LogP contribution is 2.22. The number of nitrogens with one attached hydrogen (secondary N) is 1. The van der Waals surface area contributed by atoms with Gasteiger partial charge in [-0.25, -0.2) is 4.98 Å². The van der Waals surface area contributed by atoms with E-state index in [2.05, 4.69) is 41.0 Å². The number of hydrogen-bond donors (Lipinski definition) is 1. The lowest BCUT2D eigenvalue weighted by Crippen LogP contribution is -2.46. The van der Waals surface area contributed by atoms with Gasteiger partial charge in [-0.3, -0.25) is 10.1 Å². The summed E-state index contributed by atoms with van der Waals surface area (Å²) in [5.74, 6) is 0.691. The van der Waals surface area contributed by atoms with E-state index in [0.717, 1.165) is 39.1 Å². The molecule has 1 aromatic rings. The molecule has 0 amide bonds. The van der Waals surface area contributed by atoms with Crippen LogP contribution in [0.4, 0.5) is 11.5 Å². The largest absolute Gasteiger partial charge is 0.365 e. The standard InChI is InChI=1S/C16H27N5O2/c1-13-11-15(17-12-14(13)21(22)23)18-16(2,3)5-6-20-9-7-19(4)8-10-20/h11-12H,5-10H2,1-4H3,(H,17,18). The van der Waals surface area contributed by atoms with Crippen molar-refractivity contribution in [2.45, 2.75) is 32.7 Å². The minimum atomic E-state index is -0.398. The Balaban J connectivity index is 1.90. The van der Waals surface area contributed by atoms with Gasteiger partial charge in [-0.05, 0) is 40.3 Å². The van der Waals surface area contributed by atoms with Gasteiger partial charge in [-0.15, -0.1) is 0 Å². The number of rotatable bonds is 6. The average Bonchev–Trinajstić information content (AvgIpc) is 2.46. The molecule has 1 aromatic heterocycles. The lowest BCUT2D eigenvalue weighted by atomic mass is 10.00. The van der Waals surface area contributed by atoms with Crippen LogP contribution < -0.4 is 5.32 Å². The molecule has 1 saturated heterocycles. The molecule has 0 unspecified atom stereocenters. The molecule has 23 heavy (non-hydrogen) atoms. The summed E-state index contributed by atoms with van der Waals surface area (Å²) in [7, 11) is 2.16. The summed E-state index contributed by atoms with van der Waals surface area (Å²) in [5, 5.41) is 14.3. The van der Waals surface area contributed by atoms with E-state index in [4.69, 9.17) is 0 Å². The van der Waals surface area contributed by atoms with E-state index in [0.29, 0.717) is 11.4 Å². The van der Waals surface area contributed by atoms with Crippen LogP contribution in [0.3, 0.4) is 0 Å². The zero-order chi connectivity index (χ0) is 17.0. The van der Waals surface area contributed by atoms with Gasteiger partial charge in [-0.2, -0.15) is 0 Å². The maximum atomic E-state index is 10.9. The molecule has 0 spiro atoms. The Bertz CT molecular complexity index is 553. The van der Waals surface area contributed by atoms with Crippen molar-refractivity contribution in [1.29, 1.82) is 0 Å². The summed E-state index contributed by atoms with van der Waals surface area (Å²) in [6, 6.07) is 1.75. The lowest BCUT2D eigenvalue weighted by molar-refractivity contribution is -0.385. The highest BCUT2D eigenvalue weighted by atomic mass is 16.6. The normalized spacial score (nSPS) is 17.2. The molecule has 0 bridgehead atoms. The third kappa shape index (κ3) is 5.14. The number of pyridine rings is 1. The second-order valence-electron chi connectivity index (χ2n) is 7.02. The van der Waals surface area contributed by atoms with Crippen molar-refractivity contribution in [2.75, 3.05) is 45.1 Å². The highest BCUT2D eigenvalue weighted by molar-refractivity contribution is 5.47. The lowest BCUT2D eigenvalue weighted by Gasteiger charge is -2.35. The number of likely N-dealkylation sites (N-methyl/N-ethyl adjacent to an activating group) is 1. The van der Waals surface area contributed by atoms with E-state index < -0.39 is 4.92 Å². The van der Waals surface area contributed by atoms with Gasteiger partial charge in [-0.1, -0.05) is 0 Å². The summed E-state index contributed by atoms with van der Waals surface area (Å²) in [6.07, 6.45) is 2.32. The smallest absolute Gasteiger partial charge is 0.290 e. The second kappa shape index (κ2) is 7.23. The topological polar surface area (TPSA) is 74.5 Å². The summed E-state index contributed by atoms with van der Waals surface area (Å²) >= 11 is 0. The molecule has 0 saturated carbocycles. The number of piperazine rings is 1. The maximum Gasteiger partial charge on any atom is 0.290 e. The molecule has 7 heteroatoms. The molecule has 128 valence electrons. The number of hydrogen-bond acceptors (Lipinski definition) is 6. The van der Waals surface area contributed by atoms with Crippen molar-refractivity contribution in [3.05, 3.63) is 27.9 Å². The molecule has 1 N–H and O–H groups in total. The molecule has 1 aliphatic rings. The van der Waals surface area contributed by atoms with Crippen molar-refractivity contribution < 1.29 is 4.92 Å². The average molecular weight is 321 g/mol. The first-order valence-electron chi connectivity index (χ1n) is 8.07. The van der Waals surface area contributed by atoms with Crippen LogP contribution in [0, 0.1) is 17.0 Å². The molecule has 2 heterocycles. The Morgan fingerprint density at radius 1 is 1.35 bits per heavy atom. The van der Waals surface area contributed by atoms with Crippen molar-refractivity contribution in [3.63, 3.8) is 0 Å². The predicted molar refractivity (Wildman–Crippen MR) is 91.9 cm³/mol. The van der Waals surface area contributed by atoms with Gasteiger partial charge < -0.3 is 15.1 Å². The van der Waals surface area contributed by atoms with E-state index >= 15 is 0 Å². The molecular weight excluding hydrogens is 294 g/mol. The predicted octanol–water partition coefficient (Wildman–Crippen LogP) is 2.13. The van der Waals surface area contributed by atoms with Crippen LogP contribution in [0.5, 0.6) is 0 Å². The Morgan fingerprint density at radius 2 is 2.00 bits per heavy atom. The van der Waals surface area contributed by atoms with E-state index in [-0.39, 0.29) is 11.2 Å². The Hall–Kier alpha value is -1.73. The minimum Gasteiger partial charge on any atom is -0.365 e. The Morgan fingerprint density at radius 3 is 2.57 bits per heavy atom. The number of aryl methyl sites for hydroxylation is 1. The maximum absolute atomic E-state index is 10.9. The second-order valence-corrected chi connectivity index (χ2v) is 7.02. The van der Waals surface area contributed by atoms with Gasteiger partial charge in [0.15, 0.2) is 0 Å². The summed E-state index contributed by atoms with van der Waals surface area (Å²) in [4.78, 5) is 19.5. The van der Waals surface area contributed by atoms with Gasteiger partial charge >= 0.3 is 0 Å². The van der Waals surface area contributed by atoms with E-state index in [1.54, 1.807) is 13.0 Å². The number of aromatic nitrogens is 1. The molecule has 1 aliphatic heterocycles. The van der Waals surface area contributed by atoms with Crippen molar-refractivity contribution >= 4 is 11.5 Å². The molecular formula is C16H27N5O2. The zero-order valence-corrected chi connectivity index (χ0v) is 14.5. The molecule has 0 radical (unpaired) electrons. The van der Waals surface area contributed by atoms with Gasteiger partial charge in [0, 0.05) is 43.8 Å². The monoisotopic (exact) mass is 321 g/mol. The van der Waals surface area contributed by atoms with Gasteiger partial charge in [0.25, 0.3) is 5.69 Å². The fourth-order valence-electron chi connectivity index (χ4n) is 2.73. The van der Waals surface area contributed by atoms with Crippen LogP contribution >= 0.6 is 0 Å². The van der Waals surface area contributed by atoms with Crippen LogP contribution in [0.2, 0.25) is 0 Å². The minimum absolute atomic E-state index is 0.0609. The molecule has 0 aliphatic carbocycles. The third-order valence-electron chi connectivity index (χ3n) is 4.40. The molecule has 2 rings (SSSR count). The van der Waals surface area contributed by atoms with Crippen LogP contribution in [0.25, 0.3) is 0 Å². The van der Waals surface area contributed by atoms with Crippen LogP contribution in [0.1, 0.15) is 25.8 Å². The van der Waals surface area contributed by atoms with Gasteiger partial charge in [0.1, 0.15) is 12.0 Å². The van der Waals surface area contributed by atoms with Crippen molar-refractivity contribution in [1.82, 2.24) is 14.8 Å². The van der Waals surface area contributed by atoms with Crippen LogP contribution in [-0.4, -0.2) is 65.0 Å². The van der Waals surface area contributed by atoms with Gasteiger partial charge in [0.2, 0.25) is 0 Å². The summed E-state index contributed by atoms with van der Waals surface area (Å²) in [5.41, 5.74) is 0.576. The first kappa shape index (κ1) is 17.6. The van der Waals surface area contributed by atoms with E-state index in [1.165, 1.54) is 6.20 Å². The molecule has 7 nitrogen and oxygen atoms in total. The first-order valence-corrected chi connectivity index (χ1v) is 8.07. The Kier molecular flexibility index (Phi) is 5.54. The molecule has 0 aromatic carbocycles. The third-order valence-corrected chi connectivity index (χ3v) is 4.40. The number of nitro groups is 1. The number of anilines is 1.